The summed E-state index contributed by atoms with van der Waals surface area (Å²) >= 11 is 0. The molecule has 0 radical (unpaired) electrons. The van der Waals surface area contributed by atoms with Crippen LogP contribution < -0.4 is 10.2 Å². The van der Waals surface area contributed by atoms with E-state index in [1.165, 1.54) is 4.90 Å². The van der Waals surface area contributed by atoms with Gasteiger partial charge in [-0.3, -0.25) is 9.59 Å². The first kappa shape index (κ1) is 14.0. The van der Waals surface area contributed by atoms with Gasteiger partial charge in [0.05, 0.1) is 13.2 Å². The summed E-state index contributed by atoms with van der Waals surface area (Å²) in [6.45, 7) is 3.91. The minimum absolute atomic E-state index is 0.0759. The Bertz CT molecular complexity index is 539. The minimum Gasteiger partial charge on any atom is -0.464 e. The molecule has 6 heteroatoms. The van der Waals surface area contributed by atoms with Crippen LogP contribution in [0.2, 0.25) is 0 Å². The third-order valence-corrected chi connectivity index (χ3v) is 3.03. The van der Waals surface area contributed by atoms with Crippen molar-refractivity contribution in [2.75, 3.05) is 18.1 Å². The van der Waals surface area contributed by atoms with Gasteiger partial charge in [0.1, 0.15) is 6.04 Å². The average Bonchev–Trinajstić information content (AvgIpc) is 2.43. The molecule has 20 heavy (non-hydrogen) atoms. The van der Waals surface area contributed by atoms with E-state index < -0.39 is 23.8 Å². The van der Waals surface area contributed by atoms with Crippen LogP contribution in [0.25, 0.3) is 0 Å². The molecule has 1 aliphatic rings. The van der Waals surface area contributed by atoms with Crippen LogP contribution >= 0.6 is 0 Å². The number of aryl methyl sites for hydroxylation is 1. The molecule has 1 atom stereocenters. The molecule has 2 rings (SSSR count). The highest BCUT2D eigenvalue weighted by atomic mass is 16.5. The second-order valence-electron chi connectivity index (χ2n) is 4.53. The van der Waals surface area contributed by atoms with Crippen molar-refractivity contribution < 1.29 is 19.1 Å². The minimum atomic E-state index is -0.832. The van der Waals surface area contributed by atoms with E-state index in [9.17, 15) is 14.4 Å². The summed E-state index contributed by atoms with van der Waals surface area (Å²) in [5.41, 5.74) is 1.63. The largest absolute Gasteiger partial charge is 0.464 e. The standard InChI is InChI=1S/C14H16N2O4/c1-3-20-14(19)11-8-16(13(18)12(17)15-11)10-6-4-9(2)5-7-10/h4-7,11H,3,8H2,1-2H3,(H,15,17)/t11-/m0/s1. The Morgan fingerprint density at radius 1 is 1.35 bits per heavy atom. The maximum Gasteiger partial charge on any atom is 0.330 e. The van der Waals surface area contributed by atoms with E-state index in [1.54, 1.807) is 19.1 Å². The Morgan fingerprint density at radius 2 is 2.00 bits per heavy atom. The number of carbonyl (C=O) groups is 3. The van der Waals surface area contributed by atoms with Crippen molar-refractivity contribution in [2.24, 2.45) is 0 Å². The lowest BCUT2D eigenvalue weighted by Gasteiger charge is -2.31. The molecule has 2 amide bonds. The van der Waals surface area contributed by atoms with Crippen LogP contribution in [0.15, 0.2) is 24.3 Å². The Morgan fingerprint density at radius 3 is 2.60 bits per heavy atom. The first-order chi connectivity index (χ1) is 9.52. The van der Waals surface area contributed by atoms with Gasteiger partial charge >= 0.3 is 17.8 Å². The summed E-state index contributed by atoms with van der Waals surface area (Å²) in [5.74, 6) is -2.00. The van der Waals surface area contributed by atoms with Gasteiger partial charge < -0.3 is 15.0 Å². The fourth-order valence-corrected chi connectivity index (χ4v) is 1.98. The van der Waals surface area contributed by atoms with Crippen LogP contribution in [0.5, 0.6) is 0 Å². The fraction of sp³-hybridized carbons (Fsp3) is 0.357. The van der Waals surface area contributed by atoms with Gasteiger partial charge in [-0.15, -0.1) is 0 Å². The van der Waals surface area contributed by atoms with Crippen LogP contribution in [0, 0.1) is 6.92 Å². The summed E-state index contributed by atoms with van der Waals surface area (Å²) in [7, 11) is 0. The summed E-state index contributed by atoms with van der Waals surface area (Å²) < 4.78 is 4.88. The molecule has 0 unspecified atom stereocenters. The molecular weight excluding hydrogens is 260 g/mol. The van der Waals surface area contributed by atoms with Crippen molar-refractivity contribution in [3.05, 3.63) is 29.8 Å². The Balaban J connectivity index is 2.22. The van der Waals surface area contributed by atoms with E-state index >= 15 is 0 Å². The molecule has 1 aromatic rings. The Kier molecular flexibility index (Phi) is 4.02. The maximum atomic E-state index is 11.9. The highest BCUT2D eigenvalue weighted by Gasteiger charge is 2.37. The third-order valence-electron chi connectivity index (χ3n) is 3.03. The molecule has 0 saturated carbocycles. The van der Waals surface area contributed by atoms with Gasteiger partial charge in [0.25, 0.3) is 0 Å². The zero-order valence-electron chi connectivity index (χ0n) is 11.4. The molecule has 1 N–H and O–H groups in total. The fourth-order valence-electron chi connectivity index (χ4n) is 1.98. The lowest BCUT2D eigenvalue weighted by Crippen LogP contribution is -2.60. The van der Waals surface area contributed by atoms with Gasteiger partial charge in [0.2, 0.25) is 0 Å². The molecule has 1 heterocycles. The summed E-state index contributed by atoms with van der Waals surface area (Å²) in [6, 6.07) is 6.34. The number of nitrogens with zero attached hydrogens (tertiary/aromatic N) is 1. The monoisotopic (exact) mass is 276 g/mol. The number of esters is 1. The van der Waals surface area contributed by atoms with E-state index in [0.29, 0.717) is 5.69 Å². The zero-order chi connectivity index (χ0) is 14.7. The molecule has 0 spiro atoms. The Labute approximate surface area is 116 Å². The zero-order valence-corrected chi connectivity index (χ0v) is 11.4. The van der Waals surface area contributed by atoms with Crippen molar-refractivity contribution in [1.82, 2.24) is 5.32 Å². The molecule has 6 nitrogen and oxygen atoms in total. The van der Waals surface area contributed by atoms with Crippen molar-refractivity contribution >= 4 is 23.5 Å². The predicted molar refractivity (Wildman–Crippen MR) is 72.1 cm³/mol. The van der Waals surface area contributed by atoms with E-state index in [-0.39, 0.29) is 13.2 Å². The van der Waals surface area contributed by atoms with Gasteiger partial charge in [-0.05, 0) is 26.0 Å². The second kappa shape index (κ2) is 5.73. The van der Waals surface area contributed by atoms with E-state index in [0.717, 1.165) is 5.56 Å². The lowest BCUT2D eigenvalue weighted by atomic mass is 10.1. The summed E-state index contributed by atoms with van der Waals surface area (Å²) in [5, 5.41) is 2.36. The molecule has 1 saturated heterocycles. The summed E-state index contributed by atoms with van der Waals surface area (Å²) in [6.07, 6.45) is 0. The highest BCUT2D eigenvalue weighted by Crippen LogP contribution is 2.18. The van der Waals surface area contributed by atoms with E-state index in [4.69, 9.17) is 4.74 Å². The average molecular weight is 276 g/mol. The van der Waals surface area contributed by atoms with Crippen molar-refractivity contribution in [3.63, 3.8) is 0 Å². The smallest absolute Gasteiger partial charge is 0.330 e. The van der Waals surface area contributed by atoms with Crippen molar-refractivity contribution in [1.29, 1.82) is 0 Å². The number of hydrogen-bond donors (Lipinski definition) is 1. The number of amides is 2. The molecule has 0 aliphatic carbocycles. The predicted octanol–water partition coefficient (Wildman–Crippen LogP) is 0.390. The first-order valence-corrected chi connectivity index (χ1v) is 6.38. The van der Waals surface area contributed by atoms with Gasteiger partial charge in [-0.1, -0.05) is 17.7 Å². The number of anilines is 1. The molecule has 0 bridgehead atoms. The van der Waals surface area contributed by atoms with Gasteiger partial charge in [0.15, 0.2) is 0 Å². The molecule has 1 fully saturated rings. The lowest BCUT2D eigenvalue weighted by molar-refractivity contribution is -0.149. The van der Waals surface area contributed by atoms with Crippen LogP contribution in [0.1, 0.15) is 12.5 Å². The molecule has 1 aliphatic heterocycles. The van der Waals surface area contributed by atoms with E-state index in [1.807, 2.05) is 19.1 Å². The number of carbonyl (C=O) groups excluding carboxylic acids is 3. The quantitative estimate of drug-likeness (QED) is 0.640. The van der Waals surface area contributed by atoms with Crippen LogP contribution in [0.4, 0.5) is 5.69 Å². The van der Waals surface area contributed by atoms with Gasteiger partial charge in [-0.25, -0.2) is 4.79 Å². The normalized spacial score (nSPS) is 18.7. The van der Waals surface area contributed by atoms with Crippen molar-refractivity contribution in [3.8, 4) is 0 Å². The number of nitrogens with one attached hydrogen (secondary N) is 1. The van der Waals surface area contributed by atoms with Crippen molar-refractivity contribution in [2.45, 2.75) is 19.9 Å². The topological polar surface area (TPSA) is 75.7 Å². The number of benzene rings is 1. The van der Waals surface area contributed by atoms with Crippen LogP contribution in [-0.4, -0.2) is 37.0 Å². The highest BCUT2D eigenvalue weighted by molar-refractivity contribution is 6.41. The number of rotatable bonds is 3. The van der Waals surface area contributed by atoms with Crippen LogP contribution in [0.3, 0.4) is 0 Å². The van der Waals surface area contributed by atoms with Gasteiger partial charge in [-0.2, -0.15) is 0 Å². The number of piperazine rings is 1. The molecule has 0 aromatic heterocycles. The maximum absolute atomic E-state index is 11.9. The van der Waals surface area contributed by atoms with Gasteiger partial charge in [0, 0.05) is 5.69 Å². The first-order valence-electron chi connectivity index (χ1n) is 6.38. The van der Waals surface area contributed by atoms with Crippen LogP contribution in [-0.2, 0) is 19.1 Å². The molecular formula is C14H16N2O4. The second-order valence-corrected chi connectivity index (χ2v) is 4.53. The molecule has 106 valence electrons. The summed E-state index contributed by atoms with van der Waals surface area (Å²) in [4.78, 5) is 36.6. The third kappa shape index (κ3) is 2.79. The van der Waals surface area contributed by atoms with E-state index in [2.05, 4.69) is 5.32 Å². The SMILES string of the molecule is CCOC(=O)[C@@H]1CN(c2ccc(C)cc2)C(=O)C(=O)N1. The number of hydrogen-bond acceptors (Lipinski definition) is 4. The number of ether oxygens (including phenoxy) is 1. The molecule has 1 aromatic carbocycles. The Hall–Kier alpha value is -2.37.